The summed E-state index contributed by atoms with van der Waals surface area (Å²) in [5, 5.41) is 2.98. The van der Waals surface area contributed by atoms with Crippen LogP contribution in [0, 0.1) is 0 Å². The molecule has 0 spiro atoms. The first-order valence-electron chi connectivity index (χ1n) is 10.7. The first kappa shape index (κ1) is 22.5. The van der Waals surface area contributed by atoms with Crippen molar-refractivity contribution in [1.82, 2.24) is 15.1 Å². The van der Waals surface area contributed by atoms with Crippen molar-refractivity contribution in [2.24, 2.45) is 0 Å². The van der Waals surface area contributed by atoms with Crippen LogP contribution in [0.3, 0.4) is 0 Å². The van der Waals surface area contributed by atoms with E-state index in [1.54, 1.807) is 23.5 Å². The summed E-state index contributed by atoms with van der Waals surface area (Å²) in [5.41, 5.74) is 1.57. The monoisotopic (exact) mass is 467 g/mol. The second-order valence-corrected chi connectivity index (χ2v) is 9.69. The number of rotatable bonds is 7. The van der Waals surface area contributed by atoms with E-state index in [1.807, 2.05) is 59.5 Å². The van der Waals surface area contributed by atoms with Crippen LogP contribution in [0.5, 0.6) is 0 Å². The quantitative estimate of drug-likeness (QED) is 0.569. The Bertz CT molecular complexity index is 1030. The number of nitrogens with zero attached hydrogens (tertiary/aromatic N) is 2. The summed E-state index contributed by atoms with van der Waals surface area (Å²) in [6, 6.07) is 22.2. The van der Waals surface area contributed by atoms with Gasteiger partial charge in [0.15, 0.2) is 0 Å². The molecular weight excluding hydrogens is 442 g/mol. The number of piperazine rings is 1. The SMILES string of the molecule is O=C(NC(Cc1ccccc1)C(=O)N1CCN(Cc2ccc(Cl)s2)CC1)c1ccccc1. The third-order valence-electron chi connectivity index (χ3n) is 5.61. The summed E-state index contributed by atoms with van der Waals surface area (Å²) in [5.74, 6) is -0.259. The van der Waals surface area contributed by atoms with Crippen LogP contribution in [0.4, 0.5) is 0 Å². The molecule has 0 aliphatic carbocycles. The van der Waals surface area contributed by atoms with Gasteiger partial charge in [0.2, 0.25) is 5.91 Å². The van der Waals surface area contributed by atoms with Gasteiger partial charge in [-0.15, -0.1) is 11.3 Å². The highest BCUT2D eigenvalue weighted by Crippen LogP contribution is 2.23. The number of amides is 2. The van der Waals surface area contributed by atoms with Crippen molar-refractivity contribution in [3.63, 3.8) is 0 Å². The zero-order valence-corrected chi connectivity index (χ0v) is 19.3. The third kappa shape index (κ3) is 5.97. The molecule has 32 heavy (non-hydrogen) atoms. The summed E-state index contributed by atoms with van der Waals surface area (Å²) in [6.07, 6.45) is 0.464. The van der Waals surface area contributed by atoms with Gasteiger partial charge in [0.25, 0.3) is 5.91 Å². The number of benzene rings is 2. The Morgan fingerprint density at radius 2 is 1.56 bits per heavy atom. The standard InChI is InChI=1S/C25H26ClN3O2S/c26-23-12-11-21(32-23)18-28-13-15-29(16-14-28)25(31)22(17-19-7-3-1-4-8-19)27-24(30)20-9-5-2-6-10-20/h1-12,22H,13-18H2,(H,27,30). The summed E-state index contributed by atoms with van der Waals surface area (Å²) in [7, 11) is 0. The predicted molar refractivity (Wildman–Crippen MR) is 129 cm³/mol. The lowest BCUT2D eigenvalue weighted by molar-refractivity contribution is -0.135. The number of hydrogen-bond acceptors (Lipinski definition) is 4. The number of carbonyl (C=O) groups is 2. The number of thiophene rings is 1. The first-order valence-corrected chi connectivity index (χ1v) is 11.9. The zero-order chi connectivity index (χ0) is 22.3. The highest BCUT2D eigenvalue weighted by molar-refractivity contribution is 7.16. The van der Waals surface area contributed by atoms with Crippen molar-refractivity contribution in [2.45, 2.75) is 19.0 Å². The van der Waals surface area contributed by atoms with E-state index in [1.165, 1.54) is 4.88 Å². The second kappa shape index (κ2) is 10.8. The molecule has 1 unspecified atom stereocenters. The fourth-order valence-corrected chi connectivity index (χ4v) is 5.01. The Kier molecular flexibility index (Phi) is 7.58. The van der Waals surface area contributed by atoms with Gasteiger partial charge in [-0.05, 0) is 29.8 Å². The minimum absolute atomic E-state index is 0.0306. The molecule has 1 aliphatic rings. The number of nitrogens with one attached hydrogen (secondary N) is 1. The molecule has 0 saturated carbocycles. The van der Waals surface area contributed by atoms with Crippen LogP contribution in [0.25, 0.3) is 0 Å². The van der Waals surface area contributed by atoms with Crippen LogP contribution in [-0.2, 0) is 17.8 Å². The van der Waals surface area contributed by atoms with Crippen molar-refractivity contribution in [2.75, 3.05) is 26.2 Å². The molecule has 5 nitrogen and oxygen atoms in total. The van der Waals surface area contributed by atoms with Crippen molar-refractivity contribution >= 4 is 34.8 Å². The lowest BCUT2D eigenvalue weighted by Gasteiger charge is -2.36. The van der Waals surface area contributed by atoms with E-state index in [0.29, 0.717) is 25.1 Å². The fourth-order valence-electron chi connectivity index (χ4n) is 3.88. The molecule has 1 saturated heterocycles. The number of hydrogen-bond donors (Lipinski definition) is 1. The molecule has 0 bridgehead atoms. The summed E-state index contributed by atoms with van der Waals surface area (Å²) in [4.78, 5) is 31.6. The molecule has 1 fully saturated rings. The predicted octanol–water partition coefficient (Wildman–Crippen LogP) is 4.09. The smallest absolute Gasteiger partial charge is 0.251 e. The number of halogens is 1. The van der Waals surface area contributed by atoms with Gasteiger partial charge < -0.3 is 10.2 Å². The maximum atomic E-state index is 13.4. The van der Waals surface area contributed by atoms with Gasteiger partial charge in [0.05, 0.1) is 4.34 Å². The molecule has 1 atom stereocenters. The average molecular weight is 468 g/mol. The highest BCUT2D eigenvalue weighted by atomic mass is 35.5. The largest absolute Gasteiger partial charge is 0.340 e. The van der Waals surface area contributed by atoms with Gasteiger partial charge >= 0.3 is 0 Å². The Morgan fingerprint density at radius 1 is 0.906 bits per heavy atom. The Labute approximate surface area is 197 Å². The molecule has 7 heteroatoms. The summed E-state index contributed by atoms with van der Waals surface area (Å²) >= 11 is 7.64. The van der Waals surface area contributed by atoms with Gasteiger partial charge in [-0.25, -0.2) is 0 Å². The molecular formula is C25H26ClN3O2S. The maximum absolute atomic E-state index is 13.4. The highest BCUT2D eigenvalue weighted by Gasteiger charge is 2.29. The van der Waals surface area contributed by atoms with Crippen molar-refractivity contribution < 1.29 is 9.59 Å². The van der Waals surface area contributed by atoms with Crippen LogP contribution in [-0.4, -0.2) is 53.8 Å². The third-order valence-corrected chi connectivity index (χ3v) is 6.83. The first-order chi connectivity index (χ1) is 15.6. The van der Waals surface area contributed by atoms with Gasteiger partial charge in [-0.3, -0.25) is 14.5 Å². The Balaban J connectivity index is 1.41. The van der Waals surface area contributed by atoms with Gasteiger partial charge in [-0.2, -0.15) is 0 Å². The van der Waals surface area contributed by atoms with Crippen molar-refractivity contribution in [1.29, 1.82) is 0 Å². The minimum atomic E-state index is -0.604. The maximum Gasteiger partial charge on any atom is 0.251 e. The molecule has 2 heterocycles. The number of carbonyl (C=O) groups excluding carboxylic acids is 2. The molecule has 4 rings (SSSR count). The lowest BCUT2D eigenvalue weighted by Crippen LogP contribution is -2.55. The summed E-state index contributed by atoms with van der Waals surface area (Å²) < 4.78 is 0.798. The van der Waals surface area contributed by atoms with Crippen molar-refractivity contribution in [3.05, 3.63) is 93.1 Å². The van der Waals surface area contributed by atoms with E-state index in [0.717, 1.165) is 29.5 Å². The molecule has 2 amide bonds. The minimum Gasteiger partial charge on any atom is -0.340 e. The molecule has 3 aromatic rings. The van der Waals surface area contributed by atoms with Gasteiger partial charge in [-0.1, -0.05) is 60.1 Å². The molecule has 1 aliphatic heterocycles. The van der Waals surface area contributed by atoms with Crippen molar-refractivity contribution in [3.8, 4) is 0 Å². The van der Waals surface area contributed by atoms with Crippen LogP contribution in [0.15, 0.2) is 72.8 Å². The summed E-state index contributed by atoms with van der Waals surface area (Å²) in [6.45, 7) is 3.73. The van der Waals surface area contributed by atoms with Gasteiger partial charge in [0.1, 0.15) is 6.04 Å². The molecule has 166 valence electrons. The van der Waals surface area contributed by atoms with E-state index in [4.69, 9.17) is 11.6 Å². The van der Waals surface area contributed by atoms with Gasteiger partial charge in [0, 0.05) is 49.6 Å². The molecule has 2 aromatic carbocycles. The van der Waals surface area contributed by atoms with Crippen LogP contribution in [0.2, 0.25) is 4.34 Å². The molecule has 1 aromatic heterocycles. The van der Waals surface area contributed by atoms with Crippen LogP contribution >= 0.6 is 22.9 Å². The van der Waals surface area contributed by atoms with E-state index in [9.17, 15) is 9.59 Å². The zero-order valence-electron chi connectivity index (χ0n) is 17.7. The lowest BCUT2D eigenvalue weighted by atomic mass is 10.0. The topological polar surface area (TPSA) is 52.7 Å². The molecule has 0 radical (unpaired) electrons. The second-order valence-electron chi connectivity index (χ2n) is 7.89. The average Bonchev–Trinajstić information content (AvgIpc) is 3.24. The molecule has 1 N–H and O–H groups in total. The van der Waals surface area contributed by atoms with E-state index >= 15 is 0 Å². The Morgan fingerprint density at radius 3 is 2.19 bits per heavy atom. The van der Waals surface area contributed by atoms with E-state index < -0.39 is 6.04 Å². The normalized spacial score (nSPS) is 15.3. The fraction of sp³-hybridized carbons (Fsp3) is 0.280. The van der Waals surface area contributed by atoms with E-state index in [2.05, 4.69) is 16.3 Å². The van der Waals surface area contributed by atoms with Crippen LogP contribution in [0.1, 0.15) is 20.8 Å². The van der Waals surface area contributed by atoms with E-state index in [-0.39, 0.29) is 11.8 Å². The van der Waals surface area contributed by atoms with Crippen LogP contribution < -0.4 is 5.32 Å². The Hall–Kier alpha value is -2.67.